The highest BCUT2D eigenvalue weighted by Crippen LogP contribution is 2.36. The molecule has 3 aromatic carbocycles. The van der Waals surface area contributed by atoms with Gasteiger partial charge >= 0.3 is 0 Å². The summed E-state index contributed by atoms with van der Waals surface area (Å²) in [4.78, 5) is 12.9. The molecule has 0 bridgehead atoms. The van der Waals surface area contributed by atoms with Crippen molar-refractivity contribution in [1.82, 2.24) is 4.57 Å². The lowest BCUT2D eigenvalue weighted by Gasteiger charge is -2.18. The summed E-state index contributed by atoms with van der Waals surface area (Å²) < 4.78 is 14.1. The summed E-state index contributed by atoms with van der Waals surface area (Å²) in [6.45, 7) is 10.7. The molecular weight excluding hydrogens is 593 g/mol. The molecule has 0 fully saturated rings. The van der Waals surface area contributed by atoms with Crippen molar-refractivity contribution < 1.29 is 14.4 Å². The number of rotatable bonds is 16. The number of nitrogens with zero attached hydrogens (tertiary/aromatic N) is 2. The van der Waals surface area contributed by atoms with Crippen molar-refractivity contribution in [3.05, 3.63) is 160 Å². The number of aromatic nitrogens is 1. The summed E-state index contributed by atoms with van der Waals surface area (Å²) >= 11 is 1.84. The fraction of sp³-hybridized carbons (Fsp3) is 0.231. The molecule has 1 aromatic heterocycles. The first kappa shape index (κ1) is 34.1. The SMILES string of the molecule is C=C\C=C(/C=C\C(=C(/CC)c1ccccc1)c1ccc(SCCn2cccc2)cc1)OC(C)c1cc(OC)c(CC)cc1[N+](=O)[O-]. The van der Waals surface area contributed by atoms with Gasteiger partial charge in [0, 0.05) is 41.2 Å². The third-order valence-corrected chi connectivity index (χ3v) is 8.70. The molecule has 238 valence electrons. The van der Waals surface area contributed by atoms with Crippen LogP contribution in [0.3, 0.4) is 0 Å². The first-order valence-electron chi connectivity index (χ1n) is 15.5. The summed E-state index contributed by atoms with van der Waals surface area (Å²) in [5.74, 6) is 2.13. The van der Waals surface area contributed by atoms with Crippen LogP contribution in [0.1, 0.15) is 55.5 Å². The van der Waals surface area contributed by atoms with Gasteiger partial charge in [0.05, 0.1) is 17.6 Å². The van der Waals surface area contributed by atoms with Crippen LogP contribution >= 0.6 is 11.8 Å². The molecule has 0 aliphatic heterocycles. The Morgan fingerprint density at radius 1 is 1.00 bits per heavy atom. The van der Waals surface area contributed by atoms with E-state index in [1.807, 2.05) is 49.9 Å². The normalized spacial score (nSPS) is 12.9. The Balaban J connectivity index is 1.65. The van der Waals surface area contributed by atoms with Gasteiger partial charge in [0.1, 0.15) is 17.6 Å². The van der Waals surface area contributed by atoms with Crippen molar-refractivity contribution in [2.45, 2.75) is 51.2 Å². The molecule has 1 unspecified atom stereocenters. The highest BCUT2D eigenvalue weighted by molar-refractivity contribution is 7.99. The highest BCUT2D eigenvalue weighted by atomic mass is 32.2. The van der Waals surface area contributed by atoms with Crippen LogP contribution in [0.4, 0.5) is 5.69 Å². The van der Waals surface area contributed by atoms with Gasteiger partial charge in [0.2, 0.25) is 0 Å². The molecule has 6 nitrogen and oxygen atoms in total. The first-order chi connectivity index (χ1) is 22.4. The Bertz CT molecular complexity index is 1690. The minimum Gasteiger partial charge on any atom is -0.496 e. The third kappa shape index (κ3) is 8.92. The van der Waals surface area contributed by atoms with E-state index in [1.165, 1.54) is 10.5 Å². The summed E-state index contributed by atoms with van der Waals surface area (Å²) in [6.07, 6.45) is 12.4. The van der Waals surface area contributed by atoms with E-state index in [-0.39, 0.29) is 10.6 Å². The van der Waals surface area contributed by atoms with Gasteiger partial charge in [-0.05, 0) is 84.5 Å². The third-order valence-electron chi connectivity index (χ3n) is 7.71. The second-order valence-electron chi connectivity index (χ2n) is 10.6. The standard InChI is InChI=1S/C39H42N2O4S/c1-6-14-33(45-29(4)37-28-39(44-5)30(7-2)27-38(37)41(42)43)19-22-36(35(8-3)31-15-10-9-11-16-31)32-17-20-34(21-18-32)46-26-25-40-23-12-13-24-40/h6,9-24,27-29H,1,7-8,25-26H2,2-5H3/b22-19-,33-14+,36-35-. The number of allylic oxidation sites excluding steroid dienone is 6. The molecule has 1 atom stereocenters. The van der Waals surface area contributed by atoms with Crippen molar-refractivity contribution in [2.75, 3.05) is 12.9 Å². The van der Waals surface area contributed by atoms with E-state index in [2.05, 4.69) is 85.1 Å². The zero-order valence-electron chi connectivity index (χ0n) is 27.0. The Hall–Kier alpha value is -4.75. The number of benzene rings is 3. The van der Waals surface area contributed by atoms with Crippen molar-refractivity contribution in [1.29, 1.82) is 0 Å². The van der Waals surface area contributed by atoms with Crippen LogP contribution < -0.4 is 4.74 Å². The molecular formula is C39H42N2O4S. The topological polar surface area (TPSA) is 66.5 Å². The van der Waals surface area contributed by atoms with E-state index in [4.69, 9.17) is 9.47 Å². The van der Waals surface area contributed by atoms with Crippen LogP contribution in [0.2, 0.25) is 0 Å². The predicted molar refractivity (Wildman–Crippen MR) is 191 cm³/mol. The number of hydrogen-bond donors (Lipinski definition) is 0. The predicted octanol–water partition coefficient (Wildman–Crippen LogP) is 10.5. The Kier molecular flexibility index (Phi) is 12.7. The molecule has 0 aliphatic carbocycles. The maximum absolute atomic E-state index is 12.0. The fourth-order valence-electron chi connectivity index (χ4n) is 5.34. The molecule has 0 N–H and O–H groups in total. The van der Waals surface area contributed by atoms with Crippen molar-refractivity contribution >= 4 is 28.6 Å². The maximum atomic E-state index is 12.0. The first-order valence-corrected chi connectivity index (χ1v) is 16.5. The van der Waals surface area contributed by atoms with E-state index in [1.54, 1.807) is 31.4 Å². The average molecular weight is 635 g/mol. The van der Waals surface area contributed by atoms with Crippen molar-refractivity contribution in [2.24, 2.45) is 0 Å². The van der Waals surface area contributed by atoms with Crippen LogP contribution in [0.5, 0.6) is 5.75 Å². The molecule has 0 saturated heterocycles. The van der Waals surface area contributed by atoms with Crippen LogP contribution in [-0.4, -0.2) is 22.4 Å². The van der Waals surface area contributed by atoms with E-state index >= 15 is 0 Å². The lowest BCUT2D eigenvalue weighted by atomic mass is 9.92. The summed E-state index contributed by atoms with van der Waals surface area (Å²) in [7, 11) is 1.57. The van der Waals surface area contributed by atoms with Gasteiger partial charge in [-0.2, -0.15) is 0 Å². The fourth-order valence-corrected chi connectivity index (χ4v) is 6.21. The number of methoxy groups -OCH3 is 1. The molecule has 1 heterocycles. The van der Waals surface area contributed by atoms with E-state index in [9.17, 15) is 10.1 Å². The molecule has 4 aromatic rings. The van der Waals surface area contributed by atoms with Crippen LogP contribution in [0.25, 0.3) is 11.1 Å². The van der Waals surface area contributed by atoms with Crippen LogP contribution in [-0.2, 0) is 17.7 Å². The van der Waals surface area contributed by atoms with Gasteiger partial charge in [0.25, 0.3) is 5.69 Å². The molecule has 0 amide bonds. The Morgan fingerprint density at radius 2 is 1.72 bits per heavy atom. The molecule has 0 saturated carbocycles. The number of nitro benzene ring substituents is 1. The lowest BCUT2D eigenvalue weighted by molar-refractivity contribution is -0.386. The monoisotopic (exact) mass is 634 g/mol. The molecule has 46 heavy (non-hydrogen) atoms. The van der Waals surface area contributed by atoms with Crippen LogP contribution in [0, 0.1) is 10.1 Å². The van der Waals surface area contributed by atoms with Gasteiger partial charge in [-0.15, -0.1) is 11.8 Å². The largest absolute Gasteiger partial charge is 0.496 e. The summed E-state index contributed by atoms with van der Waals surface area (Å²) in [5.41, 5.74) is 5.75. The quantitative estimate of drug-likeness (QED) is 0.0306. The second kappa shape index (κ2) is 17.1. The second-order valence-corrected chi connectivity index (χ2v) is 11.8. The van der Waals surface area contributed by atoms with E-state index in [0.717, 1.165) is 41.0 Å². The molecule has 7 heteroatoms. The Labute approximate surface area is 276 Å². The van der Waals surface area contributed by atoms with Gasteiger partial charge in [-0.1, -0.05) is 75.0 Å². The van der Waals surface area contributed by atoms with Crippen molar-refractivity contribution in [3.63, 3.8) is 0 Å². The molecule has 0 radical (unpaired) electrons. The van der Waals surface area contributed by atoms with Gasteiger partial charge < -0.3 is 14.0 Å². The average Bonchev–Trinajstić information content (AvgIpc) is 3.60. The van der Waals surface area contributed by atoms with Crippen molar-refractivity contribution in [3.8, 4) is 5.75 Å². The zero-order chi connectivity index (χ0) is 32.9. The van der Waals surface area contributed by atoms with Gasteiger partial charge in [0.15, 0.2) is 0 Å². The Morgan fingerprint density at radius 3 is 2.33 bits per heavy atom. The molecule has 0 aliphatic rings. The van der Waals surface area contributed by atoms with E-state index < -0.39 is 6.10 Å². The summed E-state index contributed by atoms with van der Waals surface area (Å²) in [6, 6.07) is 26.5. The minimum absolute atomic E-state index is 0.0105. The lowest BCUT2D eigenvalue weighted by Crippen LogP contribution is -2.06. The maximum Gasteiger partial charge on any atom is 0.276 e. The smallest absolute Gasteiger partial charge is 0.276 e. The minimum atomic E-state index is -0.619. The zero-order valence-corrected chi connectivity index (χ0v) is 27.8. The number of ether oxygens (including phenoxy) is 2. The van der Waals surface area contributed by atoms with E-state index in [0.29, 0.717) is 23.5 Å². The van der Waals surface area contributed by atoms with Gasteiger partial charge in [-0.25, -0.2) is 0 Å². The highest BCUT2D eigenvalue weighted by Gasteiger charge is 2.24. The number of hydrogen-bond acceptors (Lipinski definition) is 5. The number of nitro groups is 1. The summed E-state index contributed by atoms with van der Waals surface area (Å²) in [5, 5.41) is 12.0. The number of thioether (sulfide) groups is 1. The molecule has 0 spiro atoms. The van der Waals surface area contributed by atoms with Gasteiger partial charge in [-0.3, -0.25) is 10.1 Å². The van der Waals surface area contributed by atoms with Crippen LogP contribution in [0.15, 0.2) is 133 Å². The number of aryl methyl sites for hydroxylation is 2. The molecule has 4 rings (SSSR count).